The Hall–Kier alpha value is -0.780. The van der Waals surface area contributed by atoms with Crippen LogP contribution in [0.25, 0.3) is 0 Å². The SMILES string of the molecule is CCCCCCC.Cc1ccc(S(F)(F)(F)(F)F)cc1. The molecule has 0 spiro atoms. The zero-order chi connectivity index (χ0) is 15.9. The zero-order valence-corrected chi connectivity index (χ0v) is 13.0. The van der Waals surface area contributed by atoms with E-state index in [4.69, 9.17) is 0 Å². The van der Waals surface area contributed by atoms with Crippen LogP contribution in [0.3, 0.4) is 0 Å². The number of benzene rings is 1. The molecule has 0 aliphatic carbocycles. The summed E-state index contributed by atoms with van der Waals surface area (Å²) in [5, 5.41) is 0. The highest BCUT2D eigenvalue weighted by molar-refractivity contribution is 8.45. The third-order valence-corrected chi connectivity index (χ3v) is 3.84. The molecule has 20 heavy (non-hydrogen) atoms. The number of hydrogen-bond donors (Lipinski definition) is 0. The zero-order valence-electron chi connectivity index (χ0n) is 12.1. The van der Waals surface area contributed by atoms with Crippen molar-refractivity contribution in [2.75, 3.05) is 0 Å². The Morgan fingerprint density at radius 3 is 1.45 bits per heavy atom. The summed E-state index contributed by atoms with van der Waals surface area (Å²) in [6.07, 6.45) is 7.01. The fraction of sp³-hybridized carbons (Fsp3) is 0.571. The van der Waals surface area contributed by atoms with E-state index < -0.39 is 15.1 Å². The van der Waals surface area contributed by atoms with Gasteiger partial charge in [0.15, 0.2) is 0 Å². The standard InChI is InChI=1S/C7H7F5S.C7H16/c1-6-2-4-7(5-3-6)13(8,9,10,11)12;1-3-5-7-6-4-2/h2-5H,1H3;3-7H2,1-2H3. The van der Waals surface area contributed by atoms with E-state index in [1.54, 1.807) is 0 Å². The van der Waals surface area contributed by atoms with E-state index in [-0.39, 0.29) is 0 Å². The molecule has 1 aromatic carbocycles. The van der Waals surface area contributed by atoms with Gasteiger partial charge < -0.3 is 0 Å². The summed E-state index contributed by atoms with van der Waals surface area (Å²) in [5.74, 6) is 0. The molecule has 0 unspecified atom stereocenters. The van der Waals surface area contributed by atoms with Crippen molar-refractivity contribution < 1.29 is 19.4 Å². The fourth-order valence-electron chi connectivity index (χ4n) is 1.47. The predicted molar refractivity (Wildman–Crippen MR) is 77.0 cm³/mol. The van der Waals surface area contributed by atoms with Gasteiger partial charge in [-0.05, 0) is 19.1 Å². The Kier molecular flexibility index (Phi) is 6.08. The summed E-state index contributed by atoms with van der Waals surface area (Å²) >= 11 is 0. The van der Waals surface area contributed by atoms with E-state index in [0.29, 0.717) is 17.7 Å². The van der Waals surface area contributed by atoms with Gasteiger partial charge in [0, 0.05) is 0 Å². The molecule has 0 atom stereocenters. The van der Waals surface area contributed by atoms with Crippen LogP contribution in [0.15, 0.2) is 29.2 Å². The van der Waals surface area contributed by atoms with E-state index >= 15 is 0 Å². The lowest BCUT2D eigenvalue weighted by atomic mass is 10.2. The minimum Gasteiger partial charge on any atom is -0.0936 e. The lowest BCUT2D eigenvalue weighted by Gasteiger charge is -2.40. The van der Waals surface area contributed by atoms with Gasteiger partial charge in [0.2, 0.25) is 0 Å². The largest absolute Gasteiger partial charge is 0.310 e. The summed E-state index contributed by atoms with van der Waals surface area (Å²) in [7, 11) is -9.45. The molecular weight excluding hydrogens is 295 g/mol. The number of rotatable bonds is 5. The van der Waals surface area contributed by atoms with Gasteiger partial charge in [0.25, 0.3) is 0 Å². The molecule has 0 nitrogen and oxygen atoms in total. The summed E-state index contributed by atoms with van der Waals surface area (Å²) in [5.41, 5.74) is 0.505. The smallest absolute Gasteiger partial charge is 0.0936 e. The summed E-state index contributed by atoms with van der Waals surface area (Å²) < 4.78 is 60.4. The van der Waals surface area contributed by atoms with Crippen molar-refractivity contribution in [2.45, 2.75) is 57.8 Å². The molecule has 0 amide bonds. The maximum absolute atomic E-state index is 12.1. The summed E-state index contributed by atoms with van der Waals surface area (Å²) in [6.45, 7) is 6.01. The van der Waals surface area contributed by atoms with Crippen LogP contribution in [-0.2, 0) is 0 Å². The first-order valence-electron chi connectivity index (χ1n) is 6.71. The van der Waals surface area contributed by atoms with Crippen LogP contribution in [0.1, 0.15) is 51.5 Å². The van der Waals surface area contributed by atoms with Crippen LogP contribution < -0.4 is 0 Å². The highest BCUT2D eigenvalue weighted by atomic mass is 32.5. The minimum absolute atomic E-state index is 0.400. The van der Waals surface area contributed by atoms with Crippen molar-refractivity contribution in [3.05, 3.63) is 29.8 Å². The van der Waals surface area contributed by atoms with Gasteiger partial charge in [-0.3, -0.25) is 0 Å². The van der Waals surface area contributed by atoms with E-state index in [9.17, 15) is 19.4 Å². The molecule has 6 heteroatoms. The van der Waals surface area contributed by atoms with Gasteiger partial charge in [-0.25, -0.2) is 0 Å². The van der Waals surface area contributed by atoms with Gasteiger partial charge in [-0.15, -0.1) is 0 Å². The van der Waals surface area contributed by atoms with E-state index in [1.165, 1.54) is 39.0 Å². The van der Waals surface area contributed by atoms with Crippen molar-refractivity contribution in [3.63, 3.8) is 0 Å². The molecule has 0 saturated carbocycles. The van der Waals surface area contributed by atoms with Crippen LogP contribution in [-0.4, -0.2) is 0 Å². The van der Waals surface area contributed by atoms with Crippen molar-refractivity contribution in [3.8, 4) is 0 Å². The Morgan fingerprint density at radius 2 is 1.15 bits per heavy atom. The minimum atomic E-state index is -9.45. The number of unbranched alkanes of at least 4 members (excludes halogenated alkanes) is 4. The molecule has 0 saturated heterocycles. The van der Waals surface area contributed by atoms with Crippen molar-refractivity contribution >= 4 is 10.2 Å². The van der Waals surface area contributed by atoms with Gasteiger partial charge in [0.05, 0.1) is 0 Å². The fourth-order valence-corrected chi connectivity index (χ4v) is 2.12. The number of aryl methyl sites for hydroxylation is 1. The summed E-state index contributed by atoms with van der Waals surface area (Å²) in [6, 6.07) is 2.81. The van der Waals surface area contributed by atoms with Crippen molar-refractivity contribution in [2.24, 2.45) is 0 Å². The molecule has 0 fully saturated rings. The maximum Gasteiger partial charge on any atom is 0.310 e. The number of halogens is 5. The second-order valence-electron chi connectivity index (χ2n) is 4.84. The van der Waals surface area contributed by atoms with Crippen LogP contribution in [0.4, 0.5) is 19.4 Å². The Balaban J connectivity index is 0.000000441. The van der Waals surface area contributed by atoms with Crippen LogP contribution in [0.5, 0.6) is 0 Å². The average molecular weight is 318 g/mol. The van der Waals surface area contributed by atoms with Gasteiger partial charge in [-0.2, -0.15) is 0 Å². The highest BCUT2D eigenvalue weighted by Crippen LogP contribution is 3.02. The monoisotopic (exact) mass is 318 g/mol. The molecule has 0 radical (unpaired) electrons. The molecule has 0 N–H and O–H groups in total. The third kappa shape index (κ3) is 8.40. The molecule has 0 bridgehead atoms. The molecule has 120 valence electrons. The molecule has 0 aromatic heterocycles. The van der Waals surface area contributed by atoms with Gasteiger partial charge in [0.1, 0.15) is 4.90 Å². The molecule has 0 aliphatic rings. The van der Waals surface area contributed by atoms with E-state index in [2.05, 4.69) is 13.8 Å². The third-order valence-electron chi connectivity index (χ3n) is 2.67. The number of hydrogen-bond acceptors (Lipinski definition) is 0. The van der Waals surface area contributed by atoms with Crippen LogP contribution in [0.2, 0.25) is 0 Å². The summed E-state index contributed by atoms with van der Waals surface area (Å²) in [4.78, 5) is -1.84. The quantitative estimate of drug-likeness (QED) is 0.387. The van der Waals surface area contributed by atoms with Gasteiger partial charge >= 0.3 is 10.2 Å². The second kappa shape index (κ2) is 6.33. The molecular formula is C14H23F5S. The normalized spacial score (nSPS) is 14.8. The Labute approximate surface area is 118 Å². The van der Waals surface area contributed by atoms with Crippen LogP contribution in [0, 0.1) is 6.92 Å². The van der Waals surface area contributed by atoms with Crippen LogP contribution >= 0.6 is 10.2 Å². The van der Waals surface area contributed by atoms with Crippen molar-refractivity contribution in [1.29, 1.82) is 0 Å². The predicted octanol–water partition coefficient (Wildman–Crippen LogP) is 7.63. The molecule has 0 aliphatic heterocycles. The van der Waals surface area contributed by atoms with Crippen molar-refractivity contribution in [1.82, 2.24) is 0 Å². The first kappa shape index (κ1) is 19.2. The first-order valence-corrected chi connectivity index (χ1v) is 8.66. The maximum atomic E-state index is 12.1. The highest BCUT2D eigenvalue weighted by Gasteiger charge is 2.65. The Morgan fingerprint density at radius 1 is 0.750 bits per heavy atom. The van der Waals surface area contributed by atoms with E-state index in [0.717, 1.165) is 12.1 Å². The lowest BCUT2D eigenvalue weighted by Crippen LogP contribution is -2.05. The molecule has 1 aromatic rings. The first-order chi connectivity index (χ1) is 8.90. The molecule has 0 heterocycles. The Bertz CT molecular complexity index is 389. The lowest BCUT2D eigenvalue weighted by molar-refractivity contribution is 0.364. The average Bonchev–Trinajstić information content (AvgIpc) is 2.28. The topological polar surface area (TPSA) is 0 Å². The molecule has 1 rings (SSSR count). The van der Waals surface area contributed by atoms with E-state index in [1.807, 2.05) is 0 Å². The second-order valence-corrected chi connectivity index (χ2v) is 7.25. The van der Waals surface area contributed by atoms with Gasteiger partial charge in [-0.1, -0.05) is 83.1 Å².